The maximum Gasteiger partial charge on any atom is 0.329 e. The van der Waals surface area contributed by atoms with E-state index >= 15 is 0 Å². The van der Waals surface area contributed by atoms with Crippen LogP contribution in [0.2, 0.25) is 0 Å². The van der Waals surface area contributed by atoms with Gasteiger partial charge in [0.15, 0.2) is 6.29 Å². The molecule has 188 valence electrons. The van der Waals surface area contributed by atoms with Crippen LogP contribution in [0.3, 0.4) is 0 Å². The number of fused-ring (bicyclic) bond motifs is 2. The smallest absolute Gasteiger partial charge is 0.329 e. The molecule has 0 radical (unpaired) electrons. The molecular formula is C27H27NO8. The number of hydrogen-bond acceptors (Lipinski definition) is 7. The fourth-order valence-corrected chi connectivity index (χ4v) is 4.58. The Morgan fingerprint density at radius 2 is 1.75 bits per heavy atom. The van der Waals surface area contributed by atoms with Crippen molar-refractivity contribution in [3.05, 3.63) is 78.4 Å². The van der Waals surface area contributed by atoms with Gasteiger partial charge >= 0.3 is 5.97 Å². The molecule has 0 saturated carbocycles. The molecule has 9 nitrogen and oxygen atoms in total. The summed E-state index contributed by atoms with van der Waals surface area (Å²) in [5.41, 5.74) is 0.804. The molecule has 3 aromatic rings. The summed E-state index contributed by atoms with van der Waals surface area (Å²) >= 11 is 0. The van der Waals surface area contributed by atoms with Crippen molar-refractivity contribution in [3.63, 3.8) is 0 Å². The summed E-state index contributed by atoms with van der Waals surface area (Å²) in [6.45, 7) is 0.958. The maximum atomic E-state index is 12.2. The number of carbonyl (C=O) groups excluding carboxylic acids is 1. The second kappa shape index (κ2) is 10.6. The van der Waals surface area contributed by atoms with Gasteiger partial charge in [0.1, 0.15) is 36.7 Å². The molecule has 2 fully saturated rings. The Morgan fingerprint density at radius 1 is 1.00 bits per heavy atom. The number of ether oxygens (including phenoxy) is 5. The van der Waals surface area contributed by atoms with Crippen LogP contribution in [0, 0.1) is 0 Å². The van der Waals surface area contributed by atoms with Crippen LogP contribution in [0.25, 0.3) is 10.8 Å². The SMILES string of the molecule is CC(=O)NC1C(Oc2ccc3ccccc3c2)OC2COC(c3ccccc3)OC2C1OCC(=O)O. The number of carboxylic acids is 1. The molecule has 1 amide bonds. The highest BCUT2D eigenvalue weighted by Crippen LogP contribution is 2.36. The topological polar surface area (TPSA) is 113 Å². The number of benzene rings is 3. The molecule has 2 aliphatic heterocycles. The largest absolute Gasteiger partial charge is 0.480 e. The maximum absolute atomic E-state index is 12.2. The highest BCUT2D eigenvalue weighted by Gasteiger charge is 2.52. The van der Waals surface area contributed by atoms with Gasteiger partial charge in [-0.25, -0.2) is 4.79 Å². The Balaban J connectivity index is 1.44. The first-order chi connectivity index (χ1) is 17.5. The highest BCUT2D eigenvalue weighted by molar-refractivity contribution is 5.83. The van der Waals surface area contributed by atoms with Gasteiger partial charge in [-0.1, -0.05) is 60.7 Å². The van der Waals surface area contributed by atoms with Crippen molar-refractivity contribution in [2.75, 3.05) is 13.2 Å². The third-order valence-corrected chi connectivity index (χ3v) is 6.15. The molecule has 9 heteroatoms. The normalized spacial score (nSPS) is 27.7. The summed E-state index contributed by atoms with van der Waals surface area (Å²) in [4.78, 5) is 23.5. The Hall–Kier alpha value is -3.50. The van der Waals surface area contributed by atoms with E-state index in [9.17, 15) is 14.7 Å². The lowest BCUT2D eigenvalue weighted by Gasteiger charge is -2.49. The van der Waals surface area contributed by atoms with Crippen LogP contribution in [0.15, 0.2) is 72.8 Å². The monoisotopic (exact) mass is 493 g/mol. The van der Waals surface area contributed by atoms with Crippen molar-refractivity contribution in [3.8, 4) is 5.75 Å². The predicted molar refractivity (Wildman–Crippen MR) is 128 cm³/mol. The van der Waals surface area contributed by atoms with Gasteiger partial charge in [0, 0.05) is 12.5 Å². The molecule has 6 unspecified atom stereocenters. The van der Waals surface area contributed by atoms with Gasteiger partial charge in [0.2, 0.25) is 12.2 Å². The van der Waals surface area contributed by atoms with Gasteiger partial charge in [-0.2, -0.15) is 0 Å². The molecule has 0 aromatic heterocycles. The van der Waals surface area contributed by atoms with E-state index in [1.807, 2.05) is 72.8 Å². The van der Waals surface area contributed by atoms with Crippen molar-refractivity contribution >= 4 is 22.6 Å². The number of nitrogens with one attached hydrogen (secondary N) is 1. The van der Waals surface area contributed by atoms with Crippen molar-refractivity contribution in [2.45, 2.75) is 43.9 Å². The van der Waals surface area contributed by atoms with Crippen molar-refractivity contribution in [2.24, 2.45) is 0 Å². The second-order valence-corrected chi connectivity index (χ2v) is 8.74. The summed E-state index contributed by atoms with van der Waals surface area (Å²) in [6.07, 6.45) is -3.86. The molecule has 6 atom stereocenters. The Bertz CT molecular complexity index is 1220. The van der Waals surface area contributed by atoms with Crippen molar-refractivity contribution in [1.29, 1.82) is 0 Å². The zero-order chi connectivity index (χ0) is 25.1. The molecule has 2 saturated heterocycles. The van der Waals surface area contributed by atoms with Crippen LogP contribution in [-0.2, 0) is 28.5 Å². The van der Waals surface area contributed by atoms with Crippen molar-refractivity contribution in [1.82, 2.24) is 5.32 Å². The second-order valence-electron chi connectivity index (χ2n) is 8.74. The van der Waals surface area contributed by atoms with E-state index in [1.165, 1.54) is 6.92 Å². The van der Waals surface area contributed by atoms with Gasteiger partial charge < -0.3 is 34.1 Å². The quantitative estimate of drug-likeness (QED) is 0.517. The average molecular weight is 494 g/mol. The molecule has 2 N–H and O–H groups in total. The Labute approximate surface area is 207 Å². The van der Waals surface area contributed by atoms with E-state index in [1.54, 1.807) is 0 Å². The molecule has 2 aliphatic rings. The number of carbonyl (C=O) groups is 2. The number of hydrogen-bond donors (Lipinski definition) is 2. The minimum atomic E-state index is -1.14. The average Bonchev–Trinajstić information content (AvgIpc) is 2.88. The first kappa shape index (κ1) is 24.2. The summed E-state index contributed by atoms with van der Waals surface area (Å²) in [5.74, 6) is -0.952. The van der Waals surface area contributed by atoms with Crippen LogP contribution in [0.5, 0.6) is 5.75 Å². The van der Waals surface area contributed by atoms with Crippen LogP contribution in [-0.4, -0.2) is 60.8 Å². The van der Waals surface area contributed by atoms with Gasteiger partial charge in [0.25, 0.3) is 0 Å². The standard InChI is InChI=1S/C27H27NO8/c1-16(29)28-23-25(32-15-22(30)31)24-21(14-33-26(36-24)18-8-3-2-4-9-18)35-27(23)34-20-12-11-17-7-5-6-10-19(17)13-20/h2-13,21,23-27H,14-15H2,1H3,(H,28,29)(H,30,31). The lowest BCUT2D eigenvalue weighted by atomic mass is 9.95. The van der Waals surface area contributed by atoms with Crippen LogP contribution >= 0.6 is 0 Å². The number of amides is 1. The van der Waals surface area contributed by atoms with E-state index in [2.05, 4.69) is 5.32 Å². The summed E-state index contributed by atoms with van der Waals surface area (Å²) in [7, 11) is 0. The fourth-order valence-electron chi connectivity index (χ4n) is 4.58. The van der Waals surface area contributed by atoms with E-state index in [0.29, 0.717) is 5.75 Å². The zero-order valence-electron chi connectivity index (χ0n) is 19.6. The molecule has 5 rings (SSSR count). The van der Waals surface area contributed by atoms with E-state index in [-0.39, 0.29) is 12.5 Å². The van der Waals surface area contributed by atoms with Crippen LogP contribution < -0.4 is 10.1 Å². The minimum Gasteiger partial charge on any atom is -0.480 e. The first-order valence-corrected chi connectivity index (χ1v) is 11.7. The van der Waals surface area contributed by atoms with Crippen LogP contribution in [0.1, 0.15) is 18.8 Å². The molecule has 0 spiro atoms. The third-order valence-electron chi connectivity index (χ3n) is 6.15. The number of carboxylic acid groups (broad SMARTS) is 1. The first-order valence-electron chi connectivity index (χ1n) is 11.7. The van der Waals surface area contributed by atoms with Gasteiger partial charge in [0.05, 0.1) is 6.61 Å². The lowest BCUT2D eigenvalue weighted by molar-refractivity contribution is -0.337. The predicted octanol–water partition coefficient (Wildman–Crippen LogP) is 3.03. The summed E-state index contributed by atoms with van der Waals surface area (Å²) < 4.78 is 30.4. The molecule has 3 aromatic carbocycles. The van der Waals surface area contributed by atoms with Gasteiger partial charge in [-0.15, -0.1) is 0 Å². The fraction of sp³-hybridized carbons (Fsp3) is 0.333. The molecular weight excluding hydrogens is 466 g/mol. The summed E-state index contributed by atoms with van der Waals surface area (Å²) in [6, 6.07) is 22.0. The van der Waals surface area contributed by atoms with Crippen LogP contribution in [0.4, 0.5) is 0 Å². The molecule has 36 heavy (non-hydrogen) atoms. The number of rotatable bonds is 7. The van der Waals surface area contributed by atoms with E-state index in [0.717, 1.165) is 16.3 Å². The molecule has 0 aliphatic carbocycles. The summed E-state index contributed by atoms with van der Waals surface area (Å²) in [5, 5.41) is 14.2. The Morgan fingerprint density at radius 3 is 2.50 bits per heavy atom. The van der Waals surface area contributed by atoms with E-state index < -0.39 is 49.5 Å². The van der Waals surface area contributed by atoms with E-state index in [4.69, 9.17) is 23.7 Å². The zero-order valence-corrected chi connectivity index (χ0v) is 19.6. The van der Waals surface area contributed by atoms with Gasteiger partial charge in [-0.3, -0.25) is 4.79 Å². The minimum absolute atomic E-state index is 0.168. The van der Waals surface area contributed by atoms with Gasteiger partial charge in [-0.05, 0) is 22.9 Å². The molecule has 0 bridgehead atoms. The third kappa shape index (κ3) is 5.34. The highest BCUT2D eigenvalue weighted by atomic mass is 16.8. The molecule has 2 heterocycles. The van der Waals surface area contributed by atoms with Crippen molar-refractivity contribution < 1.29 is 38.4 Å². The number of aliphatic carboxylic acids is 1. The Kier molecular flexibility index (Phi) is 7.15. The lowest BCUT2D eigenvalue weighted by Crippen LogP contribution is -2.68.